The number of furan rings is 1. The van der Waals surface area contributed by atoms with Crippen LogP contribution in [0, 0.1) is 6.92 Å². The van der Waals surface area contributed by atoms with Crippen LogP contribution in [0.5, 0.6) is 0 Å². The lowest BCUT2D eigenvalue weighted by Crippen LogP contribution is -2.21. The van der Waals surface area contributed by atoms with E-state index in [1.165, 1.54) is 5.01 Å². The summed E-state index contributed by atoms with van der Waals surface area (Å²) in [7, 11) is 0. The van der Waals surface area contributed by atoms with E-state index in [0.717, 1.165) is 11.1 Å². The highest BCUT2D eigenvalue weighted by atomic mass is 35.5. The molecule has 1 aromatic heterocycles. The van der Waals surface area contributed by atoms with Crippen molar-refractivity contribution in [3.8, 4) is 11.3 Å². The first-order valence-corrected chi connectivity index (χ1v) is 9.42. The molecule has 1 amide bonds. The molecule has 3 aromatic rings. The van der Waals surface area contributed by atoms with E-state index in [2.05, 4.69) is 5.10 Å². The normalized spacial score (nSPS) is 15.4. The van der Waals surface area contributed by atoms with E-state index in [1.54, 1.807) is 37.3 Å². The number of nitrogens with zero attached hydrogens (tertiary/aromatic N) is 2. The van der Waals surface area contributed by atoms with Gasteiger partial charge in [-0.2, -0.15) is 10.1 Å². The lowest BCUT2D eigenvalue weighted by molar-refractivity contribution is -0.114. The topological polar surface area (TPSA) is 45.8 Å². The number of halogens is 2. The Morgan fingerprint density at radius 2 is 1.75 bits per heavy atom. The summed E-state index contributed by atoms with van der Waals surface area (Å²) in [6, 6.07) is 16.3. The lowest BCUT2D eigenvalue weighted by Gasteiger charge is -2.11. The second kappa shape index (κ2) is 7.30. The molecule has 0 N–H and O–H groups in total. The van der Waals surface area contributed by atoms with Gasteiger partial charge in [0, 0.05) is 15.6 Å². The number of carbonyl (C=O) groups excluding carboxylic acids is 1. The number of hydrogen-bond donors (Lipinski definition) is 0. The van der Waals surface area contributed by atoms with Crippen molar-refractivity contribution in [2.45, 2.75) is 13.8 Å². The Labute approximate surface area is 172 Å². The van der Waals surface area contributed by atoms with Crippen LogP contribution in [0.2, 0.25) is 10.0 Å². The molecule has 2 heterocycles. The van der Waals surface area contributed by atoms with Crippen molar-refractivity contribution in [3.05, 3.63) is 81.5 Å². The molecule has 140 valence electrons. The van der Waals surface area contributed by atoms with Crippen LogP contribution in [0.4, 0.5) is 5.69 Å². The van der Waals surface area contributed by atoms with Crippen LogP contribution in [-0.2, 0) is 4.79 Å². The Morgan fingerprint density at radius 1 is 1.00 bits per heavy atom. The van der Waals surface area contributed by atoms with Crippen molar-refractivity contribution < 1.29 is 9.21 Å². The van der Waals surface area contributed by atoms with Crippen LogP contribution >= 0.6 is 23.2 Å². The monoisotopic (exact) mass is 410 g/mol. The van der Waals surface area contributed by atoms with E-state index in [4.69, 9.17) is 27.6 Å². The number of hydrazone groups is 1. The van der Waals surface area contributed by atoms with Crippen LogP contribution in [0.3, 0.4) is 0 Å². The molecule has 6 heteroatoms. The zero-order chi connectivity index (χ0) is 19.8. The third-order valence-corrected chi connectivity index (χ3v) is 5.24. The minimum atomic E-state index is -0.211. The first-order chi connectivity index (χ1) is 13.4. The van der Waals surface area contributed by atoms with Crippen molar-refractivity contribution in [3.63, 3.8) is 0 Å². The molecular weight excluding hydrogens is 395 g/mol. The molecule has 1 aliphatic rings. The standard InChI is InChI=1S/C22H16Cl2N2O2/c1-13-18(4-3-5-20(13)24)21-11-10-17(28-21)12-19-14(2)25-26(22(19)27)16-8-6-15(23)7-9-16/h3-12H,1-2H3/b19-12+. The number of anilines is 1. The van der Waals surface area contributed by atoms with Gasteiger partial charge in [-0.25, -0.2) is 0 Å². The molecule has 0 saturated heterocycles. The molecule has 0 unspecified atom stereocenters. The summed E-state index contributed by atoms with van der Waals surface area (Å²) in [5.74, 6) is 1.06. The first-order valence-electron chi connectivity index (χ1n) is 8.66. The molecule has 0 spiro atoms. The molecule has 0 radical (unpaired) electrons. The number of amides is 1. The Balaban J connectivity index is 1.64. The summed E-state index contributed by atoms with van der Waals surface area (Å²) >= 11 is 12.1. The zero-order valence-electron chi connectivity index (χ0n) is 15.2. The molecular formula is C22H16Cl2N2O2. The fourth-order valence-corrected chi connectivity index (χ4v) is 3.33. The maximum Gasteiger partial charge on any atom is 0.280 e. The largest absolute Gasteiger partial charge is 0.457 e. The molecule has 0 bridgehead atoms. The fourth-order valence-electron chi connectivity index (χ4n) is 3.03. The van der Waals surface area contributed by atoms with E-state index in [-0.39, 0.29) is 5.91 Å². The van der Waals surface area contributed by atoms with Gasteiger partial charge in [-0.3, -0.25) is 4.79 Å². The van der Waals surface area contributed by atoms with Crippen LogP contribution in [-0.4, -0.2) is 11.6 Å². The van der Waals surface area contributed by atoms with Crippen LogP contribution < -0.4 is 5.01 Å². The molecule has 0 fully saturated rings. The first kappa shape index (κ1) is 18.5. The van der Waals surface area contributed by atoms with Gasteiger partial charge in [0.1, 0.15) is 11.5 Å². The van der Waals surface area contributed by atoms with Crippen molar-refractivity contribution in [1.29, 1.82) is 0 Å². The minimum absolute atomic E-state index is 0.211. The zero-order valence-corrected chi connectivity index (χ0v) is 16.8. The SMILES string of the molecule is CC1=NN(c2ccc(Cl)cc2)C(=O)/C1=C/c1ccc(-c2cccc(Cl)c2C)o1. The van der Waals surface area contributed by atoms with Crippen LogP contribution in [0.25, 0.3) is 17.4 Å². The van der Waals surface area contributed by atoms with Gasteiger partial charge in [0.25, 0.3) is 5.91 Å². The van der Waals surface area contributed by atoms with Gasteiger partial charge in [0.15, 0.2) is 0 Å². The predicted octanol–water partition coefficient (Wildman–Crippen LogP) is 6.37. The lowest BCUT2D eigenvalue weighted by atomic mass is 10.1. The quantitative estimate of drug-likeness (QED) is 0.470. The van der Waals surface area contributed by atoms with Crippen molar-refractivity contribution in [2.75, 3.05) is 5.01 Å². The summed E-state index contributed by atoms with van der Waals surface area (Å²) < 4.78 is 5.94. The summed E-state index contributed by atoms with van der Waals surface area (Å²) in [4.78, 5) is 12.8. The van der Waals surface area contributed by atoms with Crippen molar-refractivity contribution >= 4 is 46.6 Å². The van der Waals surface area contributed by atoms with E-state index in [0.29, 0.717) is 38.5 Å². The molecule has 1 aliphatic heterocycles. The second-order valence-electron chi connectivity index (χ2n) is 6.45. The van der Waals surface area contributed by atoms with Gasteiger partial charge in [-0.1, -0.05) is 35.3 Å². The molecule has 4 nitrogen and oxygen atoms in total. The third kappa shape index (κ3) is 3.37. The molecule has 0 atom stereocenters. The van der Waals surface area contributed by atoms with Gasteiger partial charge in [0.2, 0.25) is 0 Å². The van der Waals surface area contributed by atoms with Crippen molar-refractivity contribution in [1.82, 2.24) is 0 Å². The minimum Gasteiger partial charge on any atom is -0.457 e. The third-order valence-electron chi connectivity index (χ3n) is 4.58. The van der Waals surface area contributed by atoms with Crippen molar-refractivity contribution in [2.24, 2.45) is 5.10 Å². The highest BCUT2D eigenvalue weighted by Gasteiger charge is 2.29. The van der Waals surface area contributed by atoms with E-state index in [1.807, 2.05) is 37.3 Å². The number of rotatable bonds is 3. The Kier molecular flexibility index (Phi) is 4.84. The Bertz CT molecular complexity index is 1130. The molecule has 0 aliphatic carbocycles. The smallest absolute Gasteiger partial charge is 0.280 e. The summed E-state index contributed by atoms with van der Waals surface area (Å²) in [6.45, 7) is 3.74. The van der Waals surface area contributed by atoms with E-state index in [9.17, 15) is 4.79 Å². The highest BCUT2D eigenvalue weighted by molar-refractivity contribution is 6.33. The number of hydrogen-bond acceptors (Lipinski definition) is 3. The van der Waals surface area contributed by atoms with Crippen LogP contribution in [0.15, 0.2) is 69.7 Å². The maximum absolute atomic E-state index is 12.8. The molecule has 2 aromatic carbocycles. The summed E-state index contributed by atoms with van der Waals surface area (Å²) in [5, 5.41) is 7.02. The highest BCUT2D eigenvalue weighted by Crippen LogP contribution is 2.31. The average Bonchev–Trinajstić information content (AvgIpc) is 3.25. The van der Waals surface area contributed by atoms with Crippen LogP contribution in [0.1, 0.15) is 18.2 Å². The van der Waals surface area contributed by atoms with E-state index < -0.39 is 0 Å². The second-order valence-corrected chi connectivity index (χ2v) is 7.29. The molecule has 4 rings (SSSR count). The molecule has 0 saturated carbocycles. The number of carbonyl (C=O) groups is 1. The molecule has 28 heavy (non-hydrogen) atoms. The number of benzene rings is 2. The van der Waals surface area contributed by atoms with Gasteiger partial charge in [-0.05, 0) is 68.0 Å². The van der Waals surface area contributed by atoms with E-state index >= 15 is 0 Å². The van der Waals surface area contributed by atoms with Gasteiger partial charge in [0.05, 0.1) is 17.0 Å². The predicted molar refractivity (Wildman–Crippen MR) is 114 cm³/mol. The Hall–Kier alpha value is -2.82. The van der Waals surface area contributed by atoms with Gasteiger partial charge >= 0.3 is 0 Å². The van der Waals surface area contributed by atoms with Gasteiger partial charge in [-0.15, -0.1) is 0 Å². The average molecular weight is 411 g/mol. The fraction of sp³-hybridized carbons (Fsp3) is 0.0909. The maximum atomic E-state index is 12.8. The Morgan fingerprint density at radius 3 is 2.50 bits per heavy atom. The summed E-state index contributed by atoms with van der Waals surface area (Å²) in [6.07, 6.45) is 1.71. The summed E-state index contributed by atoms with van der Waals surface area (Å²) in [5.41, 5.74) is 3.63. The van der Waals surface area contributed by atoms with Gasteiger partial charge < -0.3 is 4.42 Å².